The van der Waals surface area contributed by atoms with Crippen LogP contribution in [0.25, 0.3) is 10.6 Å². The van der Waals surface area contributed by atoms with Crippen LogP contribution in [0.5, 0.6) is 0 Å². The lowest BCUT2D eigenvalue weighted by Crippen LogP contribution is -2.00. The van der Waals surface area contributed by atoms with Crippen molar-refractivity contribution in [2.45, 2.75) is 52.9 Å². The Morgan fingerprint density at radius 3 is 2.70 bits per heavy atom. The molecule has 0 radical (unpaired) electrons. The Hall–Kier alpha value is -0.940. The Kier molecular flexibility index (Phi) is 5.54. The normalized spacial score (nSPS) is 11.2. The van der Waals surface area contributed by atoms with Gasteiger partial charge in [-0.15, -0.1) is 22.7 Å². The van der Waals surface area contributed by atoms with Gasteiger partial charge in [0.05, 0.1) is 21.3 Å². The van der Waals surface area contributed by atoms with Crippen molar-refractivity contribution >= 4 is 27.8 Å². The molecule has 0 aliphatic carbocycles. The SMILES string of the molecule is CCCCNc1nc(-c2sc(CC)nc2C(C)C)cs1. The summed E-state index contributed by atoms with van der Waals surface area (Å²) in [5, 5.41) is 7.77. The highest BCUT2D eigenvalue weighted by Gasteiger charge is 2.17. The zero-order valence-corrected chi connectivity index (χ0v) is 14.3. The van der Waals surface area contributed by atoms with Crippen molar-refractivity contribution < 1.29 is 0 Å². The summed E-state index contributed by atoms with van der Waals surface area (Å²) in [6.45, 7) is 9.76. The molecule has 0 amide bonds. The van der Waals surface area contributed by atoms with E-state index in [0.29, 0.717) is 5.92 Å². The Bertz CT molecular complexity index is 543. The third-order valence-electron chi connectivity index (χ3n) is 3.09. The van der Waals surface area contributed by atoms with E-state index in [1.807, 2.05) is 0 Å². The first-order valence-corrected chi connectivity index (χ1v) is 9.04. The first kappa shape index (κ1) is 15.4. The molecule has 2 rings (SSSR count). The molecule has 0 unspecified atom stereocenters. The van der Waals surface area contributed by atoms with Crippen LogP contribution in [0.3, 0.4) is 0 Å². The summed E-state index contributed by atoms with van der Waals surface area (Å²) in [7, 11) is 0. The molecule has 20 heavy (non-hydrogen) atoms. The Balaban J connectivity index is 2.20. The molecule has 0 aromatic carbocycles. The van der Waals surface area contributed by atoms with Gasteiger partial charge in [0.2, 0.25) is 0 Å². The Morgan fingerprint density at radius 2 is 2.05 bits per heavy atom. The molecule has 5 heteroatoms. The van der Waals surface area contributed by atoms with Gasteiger partial charge in [-0.05, 0) is 18.8 Å². The minimum atomic E-state index is 0.444. The van der Waals surface area contributed by atoms with E-state index in [1.165, 1.54) is 28.4 Å². The van der Waals surface area contributed by atoms with Crippen LogP contribution in [0.4, 0.5) is 5.13 Å². The third kappa shape index (κ3) is 3.58. The van der Waals surface area contributed by atoms with Crippen molar-refractivity contribution in [1.29, 1.82) is 0 Å². The average molecular weight is 310 g/mol. The van der Waals surface area contributed by atoms with E-state index in [4.69, 9.17) is 9.97 Å². The first-order chi connectivity index (χ1) is 9.65. The number of hydrogen-bond donors (Lipinski definition) is 1. The molecule has 0 fully saturated rings. The topological polar surface area (TPSA) is 37.8 Å². The highest BCUT2D eigenvalue weighted by atomic mass is 32.1. The van der Waals surface area contributed by atoms with E-state index >= 15 is 0 Å². The number of aromatic nitrogens is 2. The van der Waals surface area contributed by atoms with Gasteiger partial charge in [-0.2, -0.15) is 0 Å². The lowest BCUT2D eigenvalue weighted by Gasteiger charge is -2.02. The van der Waals surface area contributed by atoms with Crippen molar-refractivity contribution in [3.05, 3.63) is 16.1 Å². The summed E-state index contributed by atoms with van der Waals surface area (Å²) in [5.74, 6) is 0.444. The summed E-state index contributed by atoms with van der Waals surface area (Å²) in [6, 6.07) is 0. The average Bonchev–Trinajstić information content (AvgIpc) is 3.04. The highest BCUT2D eigenvalue weighted by Crippen LogP contribution is 2.36. The lowest BCUT2D eigenvalue weighted by atomic mass is 10.1. The van der Waals surface area contributed by atoms with Gasteiger partial charge < -0.3 is 5.32 Å². The van der Waals surface area contributed by atoms with Gasteiger partial charge in [-0.3, -0.25) is 0 Å². The molecule has 0 aliphatic heterocycles. The van der Waals surface area contributed by atoms with Crippen molar-refractivity contribution in [3.63, 3.8) is 0 Å². The van der Waals surface area contributed by atoms with Crippen LogP contribution >= 0.6 is 22.7 Å². The van der Waals surface area contributed by atoms with Crippen LogP contribution in [0, 0.1) is 0 Å². The molecule has 1 N–H and O–H groups in total. The first-order valence-electron chi connectivity index (χ1n) is 7.35. The number of thiazole rings is 2. The van der Waals surface area contributed by atoms with E-state index in [0.717, 1.165) is 23.8 Å². The smallest absolute Gasteiger partial charge is 0.183 e. The Morgan fingerprint density at radius 1 is 1.25 bits per heavy atom. The largest absolute Gasteiger partial charge is 0.362 e. The minimum Gasteiger partial charge on any atom is -0.362 e. The fraction of sp³-hybridized carbons (Fsp3) is 0.600. The molecular formula is C15H23N3S2. The zero-order valence-electron chi connectivity index (χ0n) is 12.7. The van der Waals surface area contributed by atoms with Crippen molar-refractivity contribution in [2.24, 2.45) is 0 Å². The second-order valence-electron chi connectivity index (χ2n) is 5.15. The molecule has 0 saturated heterocycles. The number of aryl methyl sites for hydroxylation is 1. The van der Waals surface area contributed by atoms with Crippen LogP contribution in [0.2, 0.25) is 0 Å². The minimum absolute atomic E-state index is 0.444. The number of anilines is 1. The van der Waals surface area contributed by atoms with Crippen LogP contribution < -0.4 is 5.32 Å². The van der Waals surface area contributed by atoms with Gasteiger partial charge in [0.1, 0.15) is 0 Å². The quantitative estimate of drug-likeness (QED) is 0.717. The fourth-order valence-corrected chi connectivity index (χ4v) is 3.86. The van der Waals surface area contributed by atoms with Gasteiger partial charge >= 0.3 is 0 Å². The number of nitrogens with one attached hydrogen (secondary N) is 1. The number of unbranched alkanes of at least 4 members (excludes halogenated alkanes) is 1. The van der Waals surface area contributed by atoms with E-state index in [2.05, 4.69) is 38.4 Å². The van der Waals surface area contributed by atoms with Crippen molar-refractivity contribution in [3.8, 4) is 10.6 Å². The van der Waals surface area contributed by atoms with Crippen LogP contribution in [0.15, 0.2) is 5.38 Å². The molecule has 2 heterocycles. The zero-order chi connectivity index (χ0) is 14.5. The van der Waals surface area contributed by atoms with Crippen LogP contribution in [0.1, 0.15) is 57.2 Å². The second kappa shape index (κ2) is 7.18. The maximum absolute atomic E-state index is 4.75. The van der Waals surface area contributed by atoms with Gasteiger partial charge in [-0.25, -0.2) is 9.97 Å². The predicted molar refractivity (Wildman–Crippen MR) is 90.1 cm³/mol. The van der Waals surface area contributed by atoms with Crippen molar-refractivity contribution in [2.75, 3.05) is 11.9 Å². The number of rotatable bonds is 7. The van der Waals surface area contributed by atoms with Crippen LogP contribution in [-0.4, -0.2) is 16.5 Å². The second-order valence-corrected chi connectivity index (χ2v) is 7.09. The molecule has 3 nitrogen and oxygen atoms in total. The Labute approximate surface area is 129 Å². The summed E-state index contributed by atoms with van der Waals surface area (Å²) in [6.07, 6.45) is 3.39. The molecule has 0 saturated carbocycles. The van der Waals surface area contributed by atoms with Gasteiger partial charge in [0, 0.05) is 11.9 Å². The molecule has 110 valence electrons. The monoisotopic (exact) mass is 309 g/mol. The maximum Gasteiger partial charge on any atom is 0.183 e. The third-order valence-corrected chi connectivity index (χ3v) is 5.13. The van der Waals surface area contributed by atoms with Crippen LogP contribution in [-0.2, 0) is 6.42 Å². The lowest BCUT2D eigenvalue weighted by molar-refractivity contribution is 0.824. The van der Waals surface area contributed by atoms with Gasteiger partial charge in [0.15, 0.2) is 5.13 Å². The number of nitrogens with zero attached hydrogens (tertiary/aromatic N) is 2. The number of hydrogen-bond acceptors (Lipinski definition) is 5. The predicted octanol–water partition coefficient (Wildman–Crippen LogP) is 5.16. The summed E-state index contributed by atoms with van der Waals surface area (Å²) in [4.78, 5) is 10.7. The summed E-state index contributed by atoms with van der Waals surface area (Å²) >= 11 is 3.48. The molecule has 2 aromatic heterocycles. The van der Waals surface area contributed by atoms with Gasteiger partial charge in [0.25, 0.3) is 0 Å². The van der Waals surface area contributed by atoms with E-state index < -0.39 is 0 Å². The molecule has 0 bridgehead atoms. The maximum atomic E-state index is 4.75. The van der Waals surface area contributed by atoms with E-state index in [9.17, 15) is 0 Å². The van der Waals surface area contributed by atoms with E-state index in [-0.39, 0.29) is 0 Å². The molecular weight excluding hydrogens is 286 g/mol. The molecule has 0 atom stereocenters. The summed E-state index contributed by atoms with van der Waals surface area (Å²) < 4.78 is 0. The van der Waals surface area contributed by atoms with Gasteiger partial charge in [-0.1, -0.05) is 34.1 Å². The van der Waals surface area contributed by atoms with Crippen molar-refractivity contribution in [1.82, 2.24) is 9.97 Å². The van der Waals surface area contributed by atoms with E-state index in [1.54, 1.807) is 22.7 Å². The molecule has 0 aliphatic rings. The molecule has 0 spiro atoms. The summed E-state index contributed by atoms with van der Waals surface area (Å²) in [5.41, 5.74) is 2.27. The fourth-order valence-electron chi connectivity index (χ4n) is 1.94. The molecule has 2 aromatic rings. The standard InChI is InChI=1S/C15H23N3S2/c1-5-7-8-16-15-17-11(9-19-15)14-13(10(3)4)18-12(6-2)20-14/h9-10H,5-8H2,1-4H3,(H,16,17). The highest BCUT2D eigenvalue weighted by molar-refractivity contribution is 7.16.